The zero-order chi connectivity index (χ0) is 13.2. The highest BCUT2D eigenvalue weighted by Crippen LogP contribution is 2.26. The zero-order valence-electron chi connectivity index (χ0n) is 10.6. The minimum atomic E-state index is 0.375. The van der Waals surface area contributed by atoms with Gasteiger partial charge < -0.3 is 9.30 Å². The molecule has 0 radical (unpaired) electrons. The summed E-state index contributed by atoms with van der Waals surface area (Å²) in [5.41, 5.74) is 1.90. The van der Waals surface area contributed by atoms with Crippen LogP contribution in [0, 0.1) is 0 Å². The Hall–Kier alpha value is -0.770. The summed E-state index contributed by atoms with van der Waals surface area (Å²) in [5, 5.41) is 0.680. The molecule has 2 aromatic rings. The Morgan fingerprint density at radius 3 is 3.05 bits per heavy atom. The van der Waals surface area contributed by atoms with Crippen molar-refractivity contribution in [2.75, 3.05) is 6.61 Å². The molecular formula is C14H16Cl2N2O. The molecule has 3 nitrogen and oxygen atoms in total. The summed E-state index contributed by atoms with van der Waals surface area (Å²) in [6.07, 6.45) is 3.70. The number of aromatic nitrogens is 2. The van der Waals surface area contributed by atoms with Gasteiger partial charge in [0.25, 0.3) is 0 Å². The summed E-state index contributed by atoms with van der Waals surface area (Å²) in [4.78, 5) is 4.53. The number of para-hydroxylation sites is 1. The van der Waals surface area contributed by atoms with Gasteiger partial charge in [0.05, 0.1) is 22.5 Å². The number of imidazole rings is 1. The second-order valence-electron chi connectivity index (χ2n) is 4.84. The number of benzene rings is 1. The van der Waals surface area contributed by atoms with Gasteiger partial charge in [-0.2, -0.15) is 0 Å². The Balaban J connectivity index is 1.89. The molecule has 0 spiro atoms. The number of halogens is 2. The first-order valence-corrected chi connectivity index (χ1v) is 7.52. The molecule has 1 aliphatic rings. The van der Waals surface area contributed by atoms with Crippen LogP contribution in [-0.4, -0.2) is 22.3 Å². The summed E-state index contributed by atoms with van der Waals surface area (Å²) >= 11 is 12.2. The van der Waals surface area contributed by atoms with Crippen molar-refractivity contribution in [2.24, 2.45) is 0 Å². The minimum absolute atomic E-state index is 0.375. The molecule has 0 N–H and O–H groups in total. The SMILES string of the molecule is ClCc1nc2c(Cl)cccc2n1CCC1CCCO1. The molecule has 1 atom stereocenters. The van der Waals surface area contributed by atoms with Crippen molar-refractivity contribution in [2.45, 2.75) is 37.8 Å². The monoisotopic (exact) mass is 298 g/mol. The molecule has 1 unspecified atom stereocenters. The molecular weight excluding hydrogens is 283 g/mol. The predicted molar refractivity (Wildman–Crippen MR) is 77.9 cm³/mol. The number of ether oxygens (including phenoxy) is 1. The summed E-state index contributed by atoms with van der Waals surface area (Å²) < 4.78 is 7.83. The molecule has 0 aliphatic carbocycles. The van der Waals surface area contributed by atoms with Gasteiger partial charge in [0.2, 0.25) is 0 Å². The molecule has 1 aliphatic heterocycles. The van der Waals surface area contributed by atoms with E-state index in [0.29, 0.717) is 17.0 Å². The molecule has 102 valence electrons. The van der Waals surface area contributed by atoms with Crippen LogP contribution in [0.5, 0.6) is 0 Å². The second-order valence-corrected chi connectivity index (χ2v) is 5.52. The lowest BCUT2D eigenvalue weighted by atomic mass is 10.2. The molecule has 5 heteroatoms. The maximum absolute atomic E-state index is 6.18. The van der Waals surface area contributed by atoms with Crippen molar-refractivity contribution in [3.05, 3.63) is 29.0 Å². The molecule has 0 bridgehead atoms. The highest BCUT2D eigenvalue weighted by atomic mass is 35.5. The average molecular weight is 299 g/mol. The van der Waals surface area contributed by atoms with Crippen molar-refractivity contribution in [1.82, 2.24) is 9.55 Å². The van der Waals surface area contributed by atoms with Gasteiger partial charge in [-0.3, -0.25) is 0 Å². The van der Waals surface area contributed by atoms with E-state index in [9.17, 15) is 0 Å². The third kappa shape index (κ3) is 2.60. The van der Waals surface area contributed by atoms with Crippen LogP contribution >= 0.6 is 23.2 Å². The molecule has 2 heterocycles. The van der Waals surface area contributed by atoms with Crippen LogP contribution in [0.25, 0.3) is 11.0 Å². The summed E-state index contributed by atoms with van der Waals surface area (Å²) in [6.45, 7) is 1.77. The maximum Gasteiger partial charge on any atom is 0.124 e. The quantitative estimate of drug-likeness (QED) is 0.798. The van der Waals surface area contributed by atoms with Gasteiger partial charge in [-0.15, -0.1) is 11.6 Å². The molecule has 1 aromatic carbocycles. The standard InChI is InChI=1S/C14H16Cl2N2O/c15-9-13-17-14-11(16)4-1-5-12(14)18(13)7-6-10-3-2-8-19-10/h1,4-5,10H,2-3,6-9H2. The van der Waals surface area contributed by atoms with E-state index in [1.807, 2.05) is 18.2 Å². The van der Waals surface area contributed by atoms with Crippen molar-refractivity contribution < 1.29 is 4.74 Å². The maximum atomic E-state index is 6.18. The van der Waals surface area contributed by atoms with E-state index in [0.717, 1.165) is 42.9 Å². The van der Waals surface area contributed by atoms with Crippen molar-refractivity contribution >= 4 is 34.2 Å². The average Bonchev–Trinajstić information content (AvgIpc) is 3.03. The Labute approximate surface area is 122 Å². The Morgan fingerprint density at radius 1 is 1.42 bits per heavy atom. The molecule has 1 aromatic heterocycles. The lowest BCUT2D eigenvalue weighted by Crippen LogP contribution is -2.11. The zero-order valence-corrected chi connectivity index (χ0v) is 12.1. The molecule has 0 amide bonds. The van der Waals surface area contributed by atoms with E-state index < -0.39 is 0 Å². The van der Waals surface area contributed by atoms with E-state index in [1.165, 1.54) is 6.42 Å². The van der Waals surface area contributed by atoms with E-state index in [2.05, 4.69) is 9.55 Å². The fraction of sp³-hybridized carbons (Fsp3) is 0.500. The van der Waals surface area contributed by atoms with Gasteiger partial charge in [-0.05, 0) is 31.4 Å². The number of aryl methyl sites for hydroxylation is 1. The van der Waals surface area contributed by atoms with Gasteiger partial charge >= 0.3 is 0 Å². The van der Waals surface area contributed by atoms with Crippen LogP contribution in [0.3, 0.4) is 0 Å². The Bertz CT molecular complexity index is 576. The lowest BCUT2D eigenvalue weighted by Gasteiger charge is -2.12. The first kappa shape index (κ1) is 13.2. The van der Waals surface area contributed by atoms with E-state index in [4.69, 9.17) is 27.9 Å². The van der Waals surface area contributed by atoms with E-state index in [-0.39, 0.29) is 0 Å². The van der Waals surface area contributed by atoms with E-state index in [1.54, 1.807) is 0 Å². The molecule has 3 rings (SSSR count). The van der Waals surface area contributed by atoms with Crippen LogP contribution in [-0.2, 0) is 17.2 Å². The van der Waals surface area contributed by atoms with Crippen LogP contribution in [0.15, 0.2) is 18.2 Å². The normalized spacial score (nSPS) is 19.4. The first-order valence-electron chi connectivity index (χ1n) is 6.61. The van der Waals surface area contributed by atoms with Crippen molar-refractivity contribution in [3.63, 3.8) is 0 Å². The van der Waals surface area contributed by atoms with Gasteiger partial charge in [-0.1, -0.05) is 17.7 Å². The summed E-state index contributed by atoms with van der Waals surface area (Å²) in [5.74, 6) is 1.28. The van der Waals surface area contributed by atoms with Gasteiger partial charge in [0.15, 0.2) is 0 Å². The molecule has 1 fully saturated rings. The number of rotatable bonds is 4. The van der Waals surface area contributed by atoms with Gasteiger partial charge in [0.1, 0.15) is 11.3 Å². The van der Waals surface area contributed by atoms with Gasteiger partial charge in [0, 0.05) is 13.2 Å². The van der Waals surface area contributed by atoms with Gasteiger partial charge in [-0.25, -0.2) is 4.98 Å². The third-order valence-electron chi connectivity index (χ3n) is 3.63. The largest absolute Gasteiger partial charge is 0.378 e. The smallest absolute Gasteiger partial charge is 0.124 e. The fourth-order valence-electron chi connectivity index (χ4n) is 2.66. The van der Waals surface area contributed by atoms with Crippen LogP contribution < -0.4 is 0 Å². The topological polar surface area (TPSA) is 27.1 Å². The fourth-order valence-corrected chi connectivity index (χ4v) is 3.07. The summed E-state index contributed by atoms with van der Waals surface area (Å²) in [7, 11) is 0. The Kier molecular flexibility index (Phi) is 3.96. The van der Waals surface area contributed by atoms with E-state index >= 15 is 0 Å². The molecule has 0 saturated carbocycles. The lowest BCUT2D eigenvalue weighted by molar-refractivity contribution is 0.100. The number of alkyl halides is 1. The van der Waals surface area contributed by atoms with Crippen molar-refractivity contribution in [1.29, 1.82) is 0 Å². The number of hydrogen-bond acceptors (Lipinski definition) is 2. The first-order chi connectivity index (χ1) is 9.29. The van der Waals surface area contributed by atoms with Crippen LogP contribution in [0.2, 0.25) is 5.02 Å². The van der Waals surface area contributed by atoms with Crippen molar-refractivity contribution in [3.8, 4) is 0 Å². The second kappa shape index (κ2) is 5.70. The Morgan fingerprint density at radius 2 is 2.32 bits per heavy atom. The third-order valence-corrected chi connectivity index (χ3v) is 4.17. The number of fused-ring (bicyclic) bond motifs is 1. The highest BCUT2D eigenvalue weighted by molar-refractivity contribution is 6.34. The summed E-state index contributed by atoms with van der Waals surface area (Å²) in [6, 6.07) is 5.85. The van der Waals surface area contributed by atoms with Crippen LogP contribution in [0.1, 0.15) is 25.1 Å². The highest BCUT2D eigenvalue weighted by Gasteiger charge is 2.17. The number of hydrogen-bond donors (Lipinski definition) is 0. The minimum Gasteiger partial charge on any atom is -0.378 e. The predicted octanol–water partition coefficient (Wildman–Crippen LogP) is 4.00. The molecule has 19 heavy (non-hydrogen) atoms. The number of nitrogens with zero attached hydrogens (tertiary/aromatic N) is 2. The van der Waals surface area contributed by atoms with Crippen LogP contribution in [0.4, 0.5) is 0 Å². The molecule has 1 saturated heterocycles.